The lowest BCUT2D eigenvalue weighted by molar-refractivity contribution is -0.0569. The zero-order valence-corrected chi connectivity index (χ0v) is 23.4. The number of aromatic nitrogens is 3. The fourth-order valence-corrected chi connectivity index (χ4v) is 6.35. The maximum absolute atomic E-state index is 11.4. The number of ether oxygens (including phenoxy) is 1. The number of halogens is 3. The lowest BCUT2D eigenvalue weighted by Gasteiger charge is -2.44. The van der Waals surface area contributed by atoms with Gasteiger partial charge >= 0.3 is 0 Å². The van der Waals surface area contributed by atoms with Crippen LogP contribution in [0.25, 0.3) is 11.3 Å². The molecule has 0 unspecified atom stereocenters. The third-order valence-electron chi connectivity index (χ3n) is 7.57. The predicted molar refractivity (Wildman–Crippen MR) is 148 cm³/mol. The van der Waals surface area contributed by atoms with Crippen LogP contribution in [0, 0.1) is 0 Å². The highest BCUT2D eigenvalue weighted by Gasteiger charge is 2.47. The van der Waals surface area contributed by atoms with Crippen molar-refractivity contribution in [2.24, 2.45) is 0 Å². The second-order valence-electron chi connectivity index (χ2n) is 10.6. The number of hydrogen-bond donors (Lipinski definition) is 1. The first kappa shape index (κ1) is 25.8. The van der Waals surface area contributed by atoms with Gasteiger partial charge in [-0.3, -0.25) is 4.68 Å². The normalized spacial score (nSPS) is 21.1. The number of aliphatic hydroxyl groups is 1. The Morgan fingerprint density at radius 1 is 1.05 bits per heavy atom. The number of hydrogen-bond acceptors (Lipinski definition) is 5. The van der Waals surface area contributed by atoms with Crippen molar-refractivity contribution in [3.63, 3.8) is 0 Å². The van der Waals surface area contributed by atoms with Crippen molar-refractivity contribution in [2.45, 2.75) is 69.6 Å². The van der Waals surface area contributed by atoms with Crippen LogP contribution in [0.15, 0.2) is 53.2 Å². The molecule has 4 aromatic rings. The van der Waals surface area contributed by atoms with E-state index in [4.69, 9.17) is 44.1 Å². The third kappa shape index (κ3) is 4.62. The lowest BCUT2D eigenvalue weighted by Crippen LogP contribution is -2.41. The van der Waals surface area contributed by atoms with E-state index in [2.05, 4.69) is 24.1 Å². The van der Waals surface area contributed by atoms with Gasteiger partial charge in [0.1, 0.15) is 23.8 Å². The summed E-state index contributed by atoms with van der Waals surface area (Å²) in [6.07, 6.45) is 5.12. The molecule has 2 aromatic carbocycles. The molecule has 1 N–H and O–H groups in total. The minimum absolute atomic E-state index is 0.230. The van der Waals surface area contributed by atoms with Gasteiger partial charge < -0.3 is 14.4 Å². The van der Waals surface area contributed by atoms with Crippen LogP contribution in [0.2, 0.25) is 15.1 Å². The zero-order chi connectivity index (χ0) is 26.6. The summed E-state index contributed by atoms with van der Waals surface area (Å²) in [5, 5.41) is 21.6. The maximum atomic E-state index is 11.4. The van der Waals surface area contributed by atoms with Gasteiger partial charge in [0, 0.05) is 40.9 Å². The lowest BCUT2D eigenvalue weighted by atomic mass is 9.66. The highest BCUT2D eigenvalue weighted by atomic mass is 35.5. The van der Waals surface area contributed by atoms with Gasteiger partial charge in [-0.2, -0.15) is 5.10 Å². The minimum Gasteiger partial charge on any atom is -0.489 e. The first-order valence-corrected chi connectivity index (χ1v) is 14.0. The Kier molecular flexibility index (Phi) is 6.71. The van der Waals surface area contributed by atoms with E-state index in [-0.39, 0.29) is 18.6 Å². The molecule has 0 saturated heterocycles. The molecular weight excluding hydrogens is 545 g/mol. The molecule has 2 aromatic heterocycles. The van der Waals surface area contributed by atoms with Crippen LogP contribution in [-0.2, 0) is 12.2 Å². The number of rotatable bonds is 8. The van der Waals surface area contributed by atoms with E-state index in [1.807, 2.05) is 29.1 Å². The maximum Gasteiger partial charge on any atom is 0.147 e. The van der Waals surface area contributed by atoms with Crippen molar-refractivity contribution in [3.05, 3.63) is 86.3 Å². The molecule has 2 fully saturated rings. The van der Waals surface area contributed by atoms with E-state index < -0.39 is 5.60 Å². The Balaban J connectivity index is 1.20. The summed E-state index contributed by atoms with van der Waals surface area (Å²) >= 11 is 19.6. The first-order chi connectivity index (χ1) is 18.2. The number of benzene rings is 2. The molecule has 0 bridgehead atoms. The fourth-order valence-electron chi connectivity index (χ4n) is 5.43. The van der Waals surface area contributed by atoms with Crippen molar-refractivity contribution in [1.82, 2.24) is 14.9 Å². The van der Waals surface area contributed by atoms with Gasteiger partial charge in [0.15, 0.2) is 0 Å². The van der Waals surface area contributed by atoms with Crippen molar-refractivity contribution < 1.29 is 14.4 Å². The van der Waals surface area contributed by atoms with E-state index in [9.17, 15) is 5.11 Å². The van der Waals surface area contributed by atoms with Crippen molar-refractivity contribution >= 4 is 34.8 Å². The predicted octanol–water partition coefficient (Wildman–Crippen LogP) is 8.30. The van der Waals surface area contributed by atoms with Gasteiger partial charge in [-0.25, -0.2) is 0 Å². The molecule has 6 nitrogen and oxygen atoms in total. The molecule has 198 valence electrons. The molecule has 2 aliphatic rings. The summed E-state index contributed by atoms with van der Waals surface area (Å²) in [7, 11) is 0. The van der Waals surface area contributed by atoms with E-state index in [1.54, 1.807) is 24.3 Å². The Labute approximate surface area is 236 Å². The molecule has 38 heavy (non-hydrogen) atoms. The third-order valence-corrected chi connectivity index (χ3v) is 8.51. The highest BCUT2D eigenvalue weighted by molar-refractivity contribution is 6.39. The molecule has 6 rings (SSSR count). The minimum atomic E-state index is -0.978. The van der Waals surface area contributed by atoms with Crippen LogP contribution in [0.4, 0.5) is 0 Å². The van der Waals surface area contributed by atoms with E-state index >= 15 is 0 Å². The second-order valence-corrected chi connectivity index (χ2v) is 11.8. The van der Waals surface area contributed by atoms with Gasteiger partial charge in [0.2, 0.25) is 0 Å². The van der Waals surface area contributed by atoms with Crippen LogP contribution >= 0.6 is 34.8 Å². The Morgan fingerprint density at radius 3 is 2.45 bits per heavy atom. The summed E-state index contributed by atoms with van der Waals surface area (Å²) in [5.41, 5.74) is 2.96. The smallest absolute Gasteiger partial charge is 0.147 e. The summed E-state index contributed by atoms with van der Waals surface area (Å²) in [5.74, 6) is 1.97. The molecule has 0 atom stereocenters. The average Bonchev–Trinajstić information content (AvgIpc) is 3.42. The van der Waals surface area contributed by atoms with Crippen molar-refractivity contribution in [2.75, 3.05) is 0 Å². The summed E-state index contributed by atoms with van der Waals surface area (Å²) in [6, 6.07) is 13.1. The van der Waals surface area contributed by atoms with E-state index in [1.165, 1.54) is 0 Å². The van der Waals surface area contributed by atoms with Crippen molar-refractivity contribution in [1.29, 1.82) is 0 Å². The fraction of sp³-hybridized carbons (Fsp3) is 0.379. The molecule has 0 radical (unpaired) electrons. The summed E-state index contributed by atoms with van der Waals surface area (Å²) < 4.78 is 13.9. The molecule has 9 heteroatoms. The van der Waals surface area contributed by atoms with Crippen LogP contribution in [0.1, 0.15) is 80.0 Å². The van der Waals surface area contributed by atoms with Crippen LogP contribution in [0.3, 0.4) is 0 Å². The van der Waals surface area contributed by atoms with E-state index in [0.29, 0.717) is 56.4 Å². The molecule has 0 amide bonds. The zero-order valence-electron chi connectivity index (χ0n) is 21.1. The van der Waals surface area contributed by atoms with Gasteiger partial charge in [-0.05, 0) is 69.9 Å². The molecule has 2 saturated carbocycles. The van der Waals surface area contributed by atoms with E-state index in [0.717, 1.165) is 29.9 Å². The molecule has 0 aliphatic heterocycles. The van der Waals surface area contributed by atoms with Gasteiger partial charge in [-0.15, -0.1) is 0 Å². The molecule has 2 aliphatic carbocycles. The largest absolute Gasteiger partial charge is 0.489 e. The average molecular weight is 573 g/mol. The molecule has 2 heterocycles. The molecular formula is C29H28Cl3N3O3. The van der Waals surface area contributed by atoms with Crippen LogP contribution in [0.5, 0.6) is 5.75 Å². The van der Waals surface area contributed by atoms with Gasteiger partial charge in [0.25, 0.3) is 0 Å². The highest BCUT2D eigenvalue weighted by Crippen LogP contribution is 2.53. The Hall–Kier alpha value is -2.51. The standard InChI is InChI=1S/C29H28Cl3N3O3/c1-16(2)35-25(10-11-33-35)18-13-29(36,14-18)21-9-8-19(12-24(21)32)37-15-20-27(34-38-28(20)17-6-7-17)26-22(30)4-3-5-23(26)31/h3-5,8-12,16-18,36H,6-7,13-15H2,1-2H3/t18-,29-. The topological polar surface area (TPSA) is 73.3 Å². The first-order valence-electron chi connectivity index (χ1n) is 12.9. The summed E-state index contributed by atoms with van der Waals surface area (Å²) in [4.78, 5) is 0. The Bertz CT molecular complexity index is 1470. The van der Waals surface area contributed by atoms with Gasteiger partial charge in [0.05, 0.1) is 26.2 Å². The van der Waals surface area contributed by atoms with Gasteiger partial charge in [-0.1, -0.05) is 52.1 Å². The monoisotopic (exact) mass is 571 g/mol. The quantitative estimate of drug-likeness (QED) is 0.230. The summed E-state index contributed by atoms with van der Waals surface area (Å²) in [6.45, 7) is 4.44. The van der Waals surface area contributed by atoms with Crippen molar-refractivity contribution in [3.8, 4) is 17.0 Å². The van der Waals surface area contributed by atoms with Crippen LogP contribution < -0.4 is 4.74 Å². The molecule has 0 spiro atoms. The Morgan fingerprint density at radius 2 is 1.79 bits per heavy atom. The number of nitrogens with zero attached hydrogens (tertiary/aromatic N) is 3. The SMILES string of the molecule is CC(C)n1nccc1[C@H]1C[C@@](O)(c2ccc(OCc3c(-c4c(Cl)cccc4Cl)noc3C3CC3)cc2Cl)C1. The van der Waals surface area contributed by atoms with Crippen LogP contribution in [-0.4, -0.2) is 20.0 Å². The second kappa shape index (κ2) is 9.91.